The van der Waals surface area contributed by atoms with Gasteiger partial charge in [-0.2, -0.15) is 0 Å². The van der Waals surface area contributed by atoms with E-state index in [1.54, 1.807) is 6.92 Å². The number of amides is 1. The number of hydrogen-bond donors (Lipinski definition) is 2. The number of carboxylic acid groups (broad SMARTS) is 1. The van der Waals surface area contributed by atoms with Gasteiger partial charge in [-0.05, 0) is 13.8 Å². The highest BCUT2D eigenvalue weighted by Gasteiger charge is 2.56. The molecule has 2 N–H and O–H groups in total. The van der Waals surface area contributed by atoms with Gasteiger partial charge in [0.15, 0.2) is 0 Å². The van der Waals surface area contributed by atoms with Gasteiger partial charge in [-0.15, -0.1) is 0 Å². The van der Waals surface area contributed by atoms with E-state index >= 15 is 0 Å². The van der Waals surface area contributed by atoms with E-state index in [0.29, 0.717) is 4.91 Å². The van der Waals surface area contributed by atoms with Gasteiger partial charge in [-0.3, -0.25) is 9.69 Å². The Bertz CT molecular complexity index is 438. The second-order valence-electron chi connectivity index (χ2n) is 4.18. The van der Waals surface area contributed by atoms with Crippen molar-refractivity contribution in [3.63, 3.8) is 0 Å². The number of carboxylic acids is 1. The molecule has 0 radical (unpaired) electrons. The number of rotatable bonds is 3. The van der Waals surface area contributed by atoms with Crippen LogP contribution in [-0.4, -0.2) is 43.3 Å². The minimum atomic E-state index is -1.11. The van der Waals surface area contributed by atoms with E-state index in [9.17, 15) is 19.8 Å². The molecular formula is C10H12BrNO4S2. The Morgan fingerprint density at radius 1 is 1.50 bits per heavy atom. The number of aliphatic carboxylic acids is 1. The van der Waals surface area contributed by atoms with E-state index in [1.807, 2.05) is 6.92 Å². The number of aliphatic hydroxyl groups excluding tert-OH is 1. The maximum Gasteiger partial charge on any atom is 0.353 e. The maximum atomic E-state index is 12.0. The first-order chi connectivity index (χ1) is 8.36. The number of halogens is 1. The van der Waals surface area contributed by atoms with E-state index in [2.05, 4.69) is 15.9 Å². The molecule has 2 aliphatic heterocycles. The zero-order valence-corrected chi connectivity index (χ0v) is 12.9. The van der Waals surface area contributed by atoms with Crippen LogP contribution in [0.1, 0.15) is 13.8 Å². The third kappa shape index (κ3) is 2.09. The van der Waals surface area contributed by atoms with Gasteiger partial charge in [0.25, 0.3) is 0 Å². The van der Waals surface area contributed by atoms with Crippen LogP contribution in [-0.2, 0) is 9.59 Å². The van der Waals surface area contributed by atoms with Crippen molar-refractivity contribution in [2.45, 2.75) is 30.2 Å². The van der Waals surface area contributed by atoms with Gasteiger partial charge >= 0.3 is 5.97 Å². The molecule has 2 aliphatic rings. The Kier molecular flexibility index (Phi) is 4.01. The summed E-state index contributed by atoms with van der Waals surface area (Å²) >= 11 is 3.34. The molecule has 100 valence electrons. The molecular weight excluding hydrogens is 342 g/mol. The minimum Gasteiger partial charge on any atom is -0.477 e. The van der Waals surface area contributed by atoms with Crippen molar-refractivity contribution in [2.75, 3.05) is 0 Å². The van der Waals surface area contributed by atoms with Gasteiger partial charge in [-0.1, -0.05) is 37.5 Å². The fourth-order valence-corrected chi connectivity index (χ4v) is 6.11. The summed E-state index contributed by atoms with van der Waals surface area (Å²) in [6, 6.07) is 0. The molecule has 1 saturated heterocycles. The summed E-state index contributed by atoms with van der Waals surface area (Å²) in [5.41, 5.74) is 0.0371. The number of carbonyl (C=O) groups excluding carboxylic acids is 1. The Morgan fingerprint density at radius 2 is 2.11 bits per heavy atom. The number of hydrogen-bond acceptors (Lipinski definition) is 5. The molecule has 0 spiro atoms. The van der Waals surface area contributed by atoms with Crippen molar-refractivity contribution >= 4 is 49.4 Å². The Labute approximate surface area is 121 Å². The third-order valence-electron chi connectivity index (χ3n) is 2.88. The number of alkyl halides is 1. The molecule has 0 aromatic carbocycles. The largest absolute Gasteiger partial charge is 0.477 e. The molecule has 0 saturated carbocycles. The lowest BCUT2D eigenvalue weighted by Gasteiger charge is -2.50. The number of nitrogens with zero attached hydrogens (tertiary/aromatic N) is 1. The molecule has 1 amide bonds. The van der Waals surface area contributed by atoms with Crippen LogP contribution in [0.25, 0.3) is 0 Å². The normalized spacial score (nSPS) is 30.7. The van der Waals surface area contributed by atoms with Crippen LogP contribution in [0.3, 0.4) is 0 Å². The van der Waals surface area contributed by atoms with E-state index < -0.39 is 18.0 Å². The topological polar surface area (TPSA) is 77.8 Å². The van der Waals surface area contributed by atoms with Crippen LogP contribution in [0.15, 0.2) is 10.6 Å². The van der Waals surface area contributed by atoms with Gasteiger partial charge in [0.05, 0.1) is 12.0 Å². The number of allylic oxidation sites excluding steroid dienone is 1. The molecule has 4 atom stereocenters. The smallest absolute Gasteiger partial charge is 0.353 e. The van der Waals surface area contributed by atoms with Crippen molar-refractivity contribution in [1.29, 1.82) is 0 Å². The first-order valence-electron chi connectivity index (χ1n) is 5.32. The molecule has 0 bridgehead atoms. The van der Waals surface area contributed by atoms with Crippen molar-refractivity contribution < 1.29 is 19.8 Å². The number of aliphatic hydroxyl groups is 1. The average molecular weight is 354 g/mol. The SMILES string of the molecule is CC(Br)C1=C(C(=O)O)N2C(=O)[C@H](C(C)O)[C@H]2SS1. The third-order valence-corrected chi connectivity index (χ3v) is 6.58. The monoisotopic (exact) mass is 353 g/mol. The summed E-state index contributed by atoms with van der Waals surface area (Å²) in [5.74, 6) is -1.93. The molecule has 18 heavy (non-hydrogen) atoms. The first kappa shape index (κ1) is 14.2. The molecule has 5 nitrogen and oxygen atoms in total. The first-order valence-corrected chi connectivity index (χ1v) is 8.45. The van der Waals surface area contributed by atoms with Gasteiger partial charge in [0.2, 0.25) is 5.91 Å². The van der Waals surface area contributed by atoms with E-state index in [1.165, 1.54) is 26.5 Å². The quantitative estimate of drug-likeness (QED) is 0.456. The number of fused-ring (bicyclic) bond motifs is 1. The molecule has 0 aromatic heterocycles. The standard InChI is InChI=1S/C10H12BrNO4S2/c1-3(11)7-6(10(15)16)12-8(14)5(4(2)13)9(12)18-17-7/h3-5,9,13H,1-2H3,(H,15,16)/t3?,4?,5-,9+/m0/s1. The Morgan fingerprint density at radius 3 is 2.56 bits per heavy atom. The van der Waals surface area contributed by atoms with E-state index in [0.717, 1.165) is 0 Å². The minimum absolute atomic E-state index is 0.0371. The summed E-state index contributed by atoms with van der Waals surface area (Å²) in [4.78, 5) is 25.1. The predicted octanol–water partition coefficient (Wildman–Crippen LogP) is 1.63. The van der Waals surface area contributed by atoms with Crippen LogP contribution < -0.4 is 0 Å². The highest BCUT2D eigenvalue weighted by Crippen LogP contribution is 2.54. The van der Waals surface area contributed by atoms with Crippen LogP contribution >= 0.6 is 37.5 Å². The maximum absolute atomic E-state index is 12.0. The van der Waals surface area contributed by atoms with Crippen molar-refractivity contribution in [2.24, 2.45) is 5.92 Å². The average Bonchev–Trinajstić information content (AvgIpc) is 2.25. The van der Waals surface area contributed by atoms with Crippen LogP contribution in [0.2, 0.25) is 0 Å². The number of β-lactam (4-membered cyclic amide) rings is 1. The zero-order valence-electron chi connectivity index (χ0n) is 9.66. The molecule has 2 heterocycles. The Hall–Kier alpha value is -0.180. The second kappa shape index (κ2) is 5.07. The van der Waals surface area contributed by atoms with Crippen LogP contribution in [0, 0.1) is 5.92 Å². The van der Waals surface area contributed by atoms with Gasteiger partial charge in [-0.25, -0.2) is 4.79 Å². The Balaban J connectivity index is 2.37. The highest BCUT2D eigenvalue weighted by molar-refractivity contribution is 9.09. The zero-order chi connectivity index (χ0) is 13.6. The summed E-state index contributed by atoms with van der Waals surface area (Å²) in [6.45, 7) is 3.38. The lowest BCUT2D eigenvalue weighted by molar-refractivity contribution is -0.157. The lowest BCUT2D eigenvalue weighted by atomic mass is 9.92. The van der Waals surface area contributed by atoms with Crippen molar-refractivity contribution in [3.05, 3.63) is 10.6 Å². The van der Waals surface area contributed by atoms with E-state index in [-0.39, 0.29) is 21.8 Å². The fraction of sp³-hybridized carbons (Fsp3) is 0.600. The number of carbonyl (C=O) groups is 2. The fourth-order valence-electron chi connectivity index (χ4n) is 1.99. The summed E-state index contributed by atoms with van der Waals surface area (Å²) in [5, 5.41) is 18.5. The molecule has 0 aliphatic carbocycles. The van der Waals surface area contributed by atoms with Crippen LogP contribution in [0.4, 0.5) is 0 Å². The van der Waals surface area contributed by atoms with Crippen LogP contribution in [0.5, 0.6) is 0 Å². The predicted molar refractivity (Wildman–Crippen MR) is 74.0 cm³/mol. The molecule has 2 unspecified atom stereocenters. The van der Waals surface area contributed by atoms with Gasteiger partial charge in [0, 0.05) is 9.73 Å². The molecule has 0 aromatic rings. The van der Waals surface area contributed by atoms with E-state index in [4.69, 9.17) is 0 Å². The summed E-state index contributed by atoms with van der Waals surface area (Å²) < 4.78 is 0. The van der Waals surface area contributed by atoms with Gasteiger partial charge < -0.3 is 10.2 Å². The van der Waals surface area contributed by atoms with Crippen molar-refractivity contribution in [3.8, 4) is 0 Å². The highest BCUT2D eigenvalue weighted by atomic mass is 79.9. The molecule has 1 fully saturated rings. The van der Waals surface area contributed by atoms with Crippen molar-refractivity contribution in [1.82, 2.24) is 4.90 Å². The van der Waals surface area contributed by atoms with Gasteiger partial charge in [0.1, 0.15) is 11.1 Å². The lowest BCUT2D eigenvalue weighted by Crippen LogP contribution is -2.63. The summed E-state index contributed by atoms with van der Waals surface area (Å²) in [6.07, 6.45) is -0.759. The molecule has 2 rings (SSSR count). The summed E-state index contributed by atoms with van der Waals surface area (Å²) in [7, 11) is 2.78. The molecule has 8 heteroatoms. The second-order valence-corrected chi connectivity index (χ2v) is 7.91.